The first kappa shape index (κ1) is 27.7. The molecule has 1 amide bonds. The fourth-order valence-electron chi connectivity index (χ4n) is 5.42. The zero-order valence-electron chi connectivity index (χ0n) is 21.4. The van der Waals surface area contributed by atoms with E-state index in [4.69, 9.17) is 11.6 Å². The van der Waals surface area contributed by atoms with Gasteiger partial charge in [-0.15, -0.1) is 11.3 Å². The van der Waals surface area contributed by atoms with Crippen LogP contribution in [0.3, 0.4) is 0 Å². The lowest BCUT2D eigenvalue weighted by molar-refractivity contribution is -0.137. The first-order chi connectivity index (χ1) is 18.7. The third kappa shape index (κ3) is 5.85. The van der Waals surface area contributed by atoms with Gasteiger partial charge in [-0.05, 0) is 73.1 Å². The van der Waals surface area contributed by atoms with Gasteiger partial charge in [0.2, 0.25) is 0 Å². The molecule has 0 radical (unpaired) electrons. The van der Waals surface area contributed by atoms with Gasteiger partial charge in [0, 0.05) is 28.2 Å². The minimum atomic E-state index is -4.43. The normalized spacial score (nSPS) is 17.9. The third-order valence-corrected chi connectivity index (χ3v) is 9.42. The van der Waals surface area contributed by atoms with Gasteiger partial charge in [-0.25, -0.2) is 4.39 Å². The summed E-state index contributed by atoms with van der Waals surface area (Å²) < 4.78 is 55.1. The number of carbonyl (C=O) groups is 1. The third-order valence-electron chi connectivity index (χ3n) is 7.76. The molecule has 8 heteroatoms. The van der Waals surface area contributed by atoms with Gasteiger partial charge in [-0.2, -0.15) is 13.2 Å². The van der Waals surface area contributed by atoms with E-state index in [1.807, 2.05) is 24.3 Å². The highest BCUT2D eigenvalue weighted by atomic mass is 35.5. The van der Waals surface area contributed by atoms with Crippen molar-refractivity contribution in [2.45, 2.75) is 57.8 Å². The molecule has 1 heterocycles. The Morgan fingerprint density at radius 2 is 1.64 bits per heavy atom. The number of fused-ring (bicyclic) bond motifs is 1. The minimum absolute atomic E-state index is 0.0468. The Labute approximate surface area is 234 Å². The second-order valence-electron chi connectivity index (χ2n) is 10.1. The van der Waals surface area contributed by atoms with E-state index in [0.29, 0.717) is 32.5 Å². The van der Waals surface area contributed by atoms with Crippen LogP contribution in [0.2, 0.25) is 5.02 Å². The molecule has 1 aliphatic rings. The first-order valence-corrected chi connectivity index (χ1v) is 14.3. The highest BCUT2D eigenvalue weighted by Crippen LogP contribution is 2.39. The summed E-state index contributed by atoms with van der Waals surface area (Å²) in [5, 5.41) is 1.23. The standard InChI is InChI=1S/C31H28ClF4NOS/c1-2-19-7-14-24(15-8-19)37(30(38)29-28(32)25-5-3-4-6-27(25)39-29)18-22-17-21(11-16-26(22)33)20-9-12-23(13-10-20)31(34,35)36/h3-6,9-13,16-17,19,24H,2,7-8,14-15,18H2,1H3. The number of carbonyl (C=O) groups excluding carboxylic acids is 1. The average Bonchev–Trinajstić information content (AvgIpc) is 3.28. The van der Waals surface area contributed by atoms with Crippen LogP contribution in [-0.2, 0) is 12.7 Å². The van der Waals surface area contributed by atoms with E-state index in [1.165, 1.54) is 29.5 Å². The van der Waals surface area contributed by atoms with Gasteiger partial charge >= 0.3 is 6.18 Å². The molecular formula is C31H28ClF4NOS. The predicted octanol–water partition coefficient (Wildman–Crippen LogP) is 9.99. The maximum absolute atomic E-state index is 15.2. The molecule has 1 saturated carbocycles. The van der Waals surface area contributed by atoms with Crippen LogP contribution in [0.4, 0.5) is 17.6 Å². The average molecular weight is 574 g/mol. The number of halogens is 5. The molecule has 0 atom stereocenters. The molecule has 5 rings (SSSR count). The van der Waals surface area contributed by atoms with Gasteiger partial charge in [0.25, 0.3) is 5.91 Å². The fraction of sp³-hybridized carbons (Fsp3) is 0.323. The smallest absolute Gasteiger partial charge is 0.330 e. The van der Waals surface area contributed by atoms with Crippen LogP contribution in [0.15, 0.2) is 66.7 Å². The Hall–Kier alpha value is -2.90. The lowest BCUT2D eigenvalue weighted by Crippen LogP contribution is -2.42. The summed E-state index contributed by atoms with van der Waals surface area (Å²) in [7, 11) is 0. The molecule has 4 aromatic rings. The molecule has 2 nitrogen and oxygen atoms in total. The number of amides is 1. The van der Waals surface area contributed by atoms with Crippen LogP contribution in [0.25, 0.3) is 21.2 Å². The predicted molar refractivity (Wildman–Crippen MR) is 150 cm³/mol. The van der Waals surface area contributed by atoms with E-state index in [9.17, 15) is 18.0 Å². The van der Waals surface area contributed by atoms with Gasteiger partial charge in [0.15, 0.2) is 0 Å². The molecule has 0 aliphatic heterocycles. The van der Waals surface area contributed by atoms with Crippen LogP contribution in [-0.4, -0.2) is 16.8 Å². The molecule has 0 spiro atoms. The van der Waals surface area contributed by atoms with Crippen LogP contribution < -0.4 is 0 Å². The lowest BCUT2D eigenvalue weighted by atomic mass is 9.83. The van der Waals surface area contributed by atoms with Crippen molar-refractivity contribution in [3.63, 3.8) is 0 Å². The summed E-state index contributed by atoms with van der Waals surface area (Å²) in [4.78, 5) is 16.2. The zero-order chi connectivity index (χ0) is 27.7. The molecule has 0 N–H and O–H groups in total. The zero-order valence-corrected chi connectivity index (χ0v) is 23.0. The lowest BCUT2D eigenvalue weighted by Gasteiger charge is -2.37. The highest BCUT2D eigenvalue weighted by molar-refractivity contribution is 7.21. The molecule has 1 fully saturated rings. The molecular weight excluding hydrogens is 546 g/mol. The van der Waals surface area contributed by atoms with E-state index in [0.717, 1.165) is 54.3 Å². The van der Waals surface area contributed by atoms with Crippen molar-refractivity contribution in [3.8, 4) is 11.1 Å². The second-order valence-corrected chi connectivity index (χ2v) is 11.6. The Balaban J connectivity index is 1.48. The molecule has 3 aromatic carbocycles. The number of benzene rings is 3. The van der Waals surface area contributed by atoms with Gasteiger partial charge < -0.3 is 4.90 Å². The molecule has 204 valence electrons. The molecule has 0 unspecified atom stereocenters. The summed E-state index contributed by atoms with van der Waals surface area (Å²) in [6.45, 7) is 2.22. The largest absolute Gasteiger partial charge is 0.416 e. The quantitative estimate of drug-likeness (QED) is 0.210. The second kappa shape index (κ2) is 11.3. The van der Waals surface area contributed by atoms with Crippen molar-refractivity contribution >= 4 is 38.9 Å². The minimum Gasteiger partial charge on any atom is -0.330 e. The van der Waals surface area contributed by atoms with Crippen LogP contribution >= 0.6 is 22.9 Å². The van der Waals surface area contributed by atoms with E-state index in [1.54, 1.807) is 17.0 Å². The number of alkyl halides is 3. The van der Waals surface area contributed by atoms with Crippen LogP contribution in [0.5, 0.6) is 0 Å². The van der Waals surface area contributed by atoms with Crippen molar-refractivity contribution in [2.75, 3.05) is 0 Å². The number of nitrogens with zero attached hydrogens (tertiary/aromatic N) is 1. The summed E-state index contributed by atoms with van der Waals surface area (Å²) in [5.41, 5.74) is 0.698. The summed E-state index contributed by atoms with van der Waals surface area (Å²) in [5.74, 6) is -0.0699. The van der Waals surface area contributed by atoms with Crippen LogP contribution in [0.1, 0.15) is 59.8 Å². The number of rotatable bonds is 6. The van der Waals surface area contributed by atoms with E-state index in [-0.39, 0.29) is 18.5 Å². The van der Waals surface area contributed by atoms with Gasteiger partial charge in [-0.3, -0.25) is 4.79 Å². The Kier molecular flexibility index (Phi) is 8.01. The van der Waals surface area contributed by atoms with Crippen molar-refractivity contribution in [1.82, 2.24) is 4.90 Å². The van der Waals surface area contributed by atoms with Crippen LogP contribution in [0, 0.1) is 11.7 Å². The first-order valence-electron chi connectivity index (χ1n) is 13.1. The maximum Gasteiger partial charge on any atom is 0.416 e. The van der Waals surface area contributed by atoms with Crippen molar-refractivity contribution in [3.05, 3.63) is 93.6 Å². The molecule has 1 aromatic heterocycles. The Morgan fingerprint density at radius 1 is 0.974 bits per heavy atom. The fourth-order valence-corrected chi connectivity index (χ4v) is 6.89. The maximum atomic E-state index is 15.2. The topological polar surface area (TPSA) is 20.3 Å². The Morgan fingerprint density at radius 3 is 2.28 bits per heavy atom. The van der Waals surface area contributed by atoms with Gasteiger partial charge in [0.05, 0.1) is 10.6 Å². The van der Waals surface area contributed by atoms with Crippen molar-refractivity contribution in [1.29, 1.82) is 0 Å². The highest BCUT2D eigenvalue weighted by Gasteiger charge is 2.32. The van der Waals surface area contributed by atoms with E-state index >= 15 is 4.39 Å². The SMILES string of the molecule is CCC1CCC(N(Cc2cc(-c3ccc(C(F)(F)F)cc3)ccc2F)C(=O)c2sc3ccccc3c2Cl)CC1. The monoisotopic (exact) mass is 573 g/mol. The van der Waals surface area contributed by atoms with E-state index in [2.05, 4.69) is 6.92 Å². The molecule has 1 aliphatic carbocycles. The Bertz CT molecular complexity index is 1470. The van der Waals surface area contributed by atoms with Crippen molar-refractivity contribution in [2.24, 2.45) is 5.92 Å². The van der Waals surface area contributed by atoms with Gasteiger partial charge in [0.1, 0.15) is 10.7 Å². The summed E-state index contributed by atoms with van der Waals surface area (Å²) >= 11 is 8.01. The molecule has 0 bridgehead atoms. The van der Waals surface area contributed by atoms with Gasteiger partial charge in [-0.1, -0.05) is 61.3 Å². The molecule has 0 saturated heterocycles. The summed E-state index contributed by atoms with van der Waals surface area (Å²) in [6, 6.07) is 16.8. The number of hydrogen-bond acceptors (Lipinski definition) is 2. The summed E-state index contributed by atoms with van der Waals surface area (Å²) in [6.07, 6.45) is 0.308. The number of thiophene rings is 1. The number of hydrogen-bond donors (Lipinski definition) is 0. The van der Waals surface area contributed by atoms with Crippen molar-refractivity contribution < 1.29 is 22.4 Å². The van der Waals surface area contributed by atoms with E-state index < -0.39 is 17.6 Å². The molecule has 39 heavy (non-hydrogen) atoms.